The molecule has 2 aromatic rings. The number of hydrogen-bond acceptors (Lipinski definition) is 2. The summed E-state index contributed by atoms with van der Waals surface area (Å²) < 4.78 is 19.2. The van der Waals surface area contributed by atoms with Gasteiger partial charge in [0.05, 0.1) is 0 Å². The molecule has 19 heavy (non-hydrogen) atoms. The maximum atomic E-state index is 12.7. The third-order valence-electron chi connectivity index (χ3n) is 2.51. The molecule has 0 aliphatic carbocycles. The molecule has 2 aromatic carbocycles. The van der Waals surface area contributed by atoms with Crippen LogP contribution in [0.5, 0.6) is 5.75 Å². The predicted octanol–water partition coefficient (Wildman–Crippen LogP) is 3.62. The molecule has 0 aromatic heterocycles. The molecule has 2 nitrogen and oxygen atoms in total. The molecule has 0 saturated heterocycles. The summed E-state index contributed by atoms with van der Waals surface area (Å²) in [7, 11) is 0. The molecule has 0 unspecified atom stereocenters. The first-order valence-corrected chi connectivity index (χ1v) is 6.86. The Labute approximate surface area is 124 Å². The van der Waals surface area contributed by atoms with Crippen LogP contribution in [0.15, 0.2) is 48.5 Å². The van der Waals surface area contributed by atoms with E-state index in [0.29, 0.717) is 5.75 Å². The van der Waals surface area contributed by atoms with E-state index < -0.39 is 0 Å². The number of hydrogen-bond donors (Lipinski definition) is 0. The molecule has 0 saturated carbocycles. The van der Waals surface area contributed by atoms with Crippen molar-refractivity contribution >= 4 is 28.4 Å². The van der Waals surface area contributed by atoms with Crippen molar-refractivity contribution in [3.05, 3.63) is 63.5 Å². The summed E-state index contributed by atoms with van der Waals surface area (Å²) in [6.07, 6.45) is 0.254. The first-order chi connectivity index (χ1) is 9.13. The van der Waals surface area contributed by atoms with Crippen LogP contribution in [-0.2, 0) is 11.2 Å². The van der Waals surface area contributed by atoms with Gasteiger partial charge in [0.1, 0.15) is 18.2 Å². The molecule has 0 atom stereocenters. The van der Waals surface area contributed by atoms with Crippen LogP contribution in [0.3, 0.4) is 0 Å². The van der Waals surface area contributed by atoms with E-state index in [4.69, 9.17) is 4.74 Å². The minimum atomic E-state index is -0.300. The lowest BCUT2D eigenvalue weighted by Crippen LogP contribution is -2.13. The monoisotopic (exact) mass is 370 g/mol. The van der Waals surface area contributed by atoms with Gasteiger partial charge >= 0.3 is 0 Å². The van der Waals surface area contributed by atoms with Gasteiger partial charge in [-0.3, -0.25) is 4.79 Å². The lowest BCUT2D eigenvalue weighted by molar-refractivity contribution is -0.120. The van der Waals surface area contributed by atoms with Crippen LogP contribution < -0.4 is 4.74 Å². The van der Waals surface area contributed by atoms with Crippen molar-refractivity contribution in [2.75, 3.05) is 6.61 Å². The highest BCUT2D eigenvalue weighted by Crippen LogP contribution is 2.14. The number of carbonyl (C=O) groups excluding carboxylic acids is 1. The van der Waals surface area contributed by atoms with Crippen LogP contribution in [0.2, 0.25) is 0 Å². The van der Waals surface area contributed by atoms with Crippen molar-refractivity contribution in [1.82, 2.24) is 0 Å². The Morgan fingerprint density at radius 3 is 2.58 bits per heavy atom. The number of ether oxygens (including phenoxy) is 1. The number of rotatable bonds is 5. The number of benzene rings is 2. The Hall–Kier alpha value is -1.43. The molecule has 0 heterocycles. The molecule has 98 valence electrons. The van der Waals surface area contributed by atoms with Gasteiger partial charge in [0.15, 0.2) is 5.78 Å². The summed E-state index contributed by atoms with van der Waals surface area (Å²) >= 11 is 2.18. The minimum absolute atomic E-state index is 0.0253. The number of carbonyl (C=O) groups is 1. The van der Waals surface area contributed by atoms with Gasteiger partial charge in [0, 0.05) is 9.99 Å². The zero-order chi connectivity index (χ0) is 13.7. The van der Waals surface area contributed by atoms with Gasteiger partial charge in [-0.15, -0.1) is 0 Å². The van der Waals surface area contributed by atoms with Gasteiger partial charge in [-0.2, -0.15) is 0 Å². The Morgan fingerprint density at radius 1 is 1.16 bits per heavy atom. The van der Waals surface area contributed by atoms with Crippen LogP contribution in [-0.4, -0.2) is 12.4 Å². The molecular formula is C15H12FIO2. The smallest absolute Gasteiger partial charge is 0.174 e. The number of halogens is 2. The van der Waals surface area contributed by atoms with Gasteiger partial charge in [0.25, 0.3) is 0 Å². The SMILES string of the molecule is O=C(COc1cccc(I)c1)Cc1ccc(F)cc1. The van der Waals surface area contributed by atoms with Crippen LogP contribution in [0.1, 0.15) is 5.56 Å². The first-order valence-electron chi connectivity index (χ1n) is 5.78. The summed E-state index contributed by atoms with van der Waals surface area (Å²) in [5.41, 5.74) is 0.789. The van der Waals surface area contributed by atoms with Crippen LogP contribution in [0, 0.1) is 9.39 Å². The zero-order valence-electron chi connectivity index (χ0n) is 10.1. The van der Waals surface area contributed by atoms with Crippen LogP contribution in [0.4, 0.5) is 4.39 Å². The highest BCUT2D eigenvalue weighted by Gasteiger charge is 2.05. The van der Waals surface area contributed by atoms with E-state index in [0.717, 1.165) is 9.13 Å². The topological polar surface area (TPSA) is 26.3 Å². The van der Waals surface area contributed by atoms with E-state index in [2.05, 4.69) is 22.6 Å². The second-order valence-electron chi connectivity index (χ2n) is 4.09. The molecule has 0 amide bonds. The van der Waals surface area contributed by atoms with Crippen molar-refractivity contribution in [2.24, 2.45) is 0 Å². The Bertz CT molecular complexity index is 567. The molecule has 0 aliphatic heterocycles. The maximum absolute atomic E-state index is 12.7. The van der Waals surface area contributed by atoms with Gasteiger partial charge in [-0.25, -0.2) is 4.39 Å². The highest BCUT2D eigenvalue weighted by atomic mass is 127. The fourth-order valence-electron chi connectivity index (χ4n) is 1.60. The van der Waals surface area contributed by atoms with Crippen molar-refractivity contribution in [3.8, 4) is 5.75 Å². The van der Waals surface area contributed by atoms with E-state index in [-0.39, 0.29) is 24.6 Å². The third-order valence-corrected chi connectivity index (χ3v) is 3.18. The van der Waals surface area contributed by atoms with Gasteiger partial charge < -0.3 is 4.74 Å². The van der Waals surface area contributed by atoms with Crippen molar-refractivity contribution in [2.45, 2.75) is 6.42 Å². The average molecular weight is 370 g/mol. The van der Waals surface area contributed by atoms with Crippen LogP contribution in [0.25, 0.3) is 0 Å². The van der Waals surface area contributed by atoms with E-state index in [9.17, 15) is 9.18 Å². The molecule has 0 bridgehead atoms. The van der Waals surface area contributed by atoms with Gasteiger partial charge in [-0.1, -0.05) is 18.2 Å². The lowest BCUT2D eigenvalue weighted by Gasteiger charge is -2.06. The fourth-order valence-corrected chi connectivity index (χ4v) is 2.12. The van der Waals surface area contributed by atoms with E-state index >= 15 is 0 Å². The quantitative estimate of drug-likeness (QED) is 0.752. The Morgan fingerprint density at radius 2 is 1.89 bits per heavy atom. The molecule has 0 spiro atoms. The molecule has 0 radical (unpaired) electrons. The Balaban J connectivity index is 1.86. The van der Waals surface area contributed by atoms with Gasteiger partial charge in [0.2, 0.25) is 0 Å². The first kappa shape index (κ1) is 14.0. The number of ketones is 1. The zero-order valence-corrected chi connectivity index (χ0v) is 12.3. The fraction of sp³-hybridized carbons (Fsp3) is 0.133. The van der Waals surface area contributed by atoms with E-state index in [1.165, 1.54) is 12.1 Å². The van der Waals surface area contributed by atoms with Crippen molar-refractivity contribution in [1.29, 1.82) is 0 Å². The summed E-state index contributed by atoms with van der Waals surface area (Å²) in [5, 5.41) is 0. The lowest BCUT2D eigenvalue weighted by atomic mass is 10.1. The van der Waals surface area contributed by atoms with E-state index in [1.807, 2.05) is 24.3 Å². The molecule has 0 aliphatic rings. The standard InChI is InChI=1S/C15H12FIO2/c16-12-6-4-11(5-7-12)8-14(18)10-19-15-3-1-2-13(17)9-15/h1-7,9H,8,10H2. The normalized spacial score (nSPS) is 10.2. The van der Waals surface area contributed by atoms with Crippen LogP contribution >= 0.6 is 22.6 Å². The highest BCUT2D eigenvalue weighted by molar-refractivity contribution is 14.1. The largest absolute Gasteiger partial charge is 0.486 e. The number of Topliss-reactive ketones (excluding diaryl/α,β-unsaturated/α-hetero) is 1. The summed E-state index contributed by atoms with van der Waals surface area (Å²) in [6.45, 7) is 0.0253. The second kappa shape index (κ2) is 6.65. The molecule has 0 N–H and O–H groups in total. The predicted molar refractivity (Wildman–Crippen MR) is 79.8 cm³/mol. The summed E-state index contributed by atoms with van der Waals surface area (Å²) in [5.74, 6) is 0.344. The van der Waals surface area contributed by atoms with E-state index in [1.54, 1.807) is 12.1 Å². The molecular weight excluding hydrogens is 358 g/mol. The Kier molecular flexibility index (Phi) is 4.90. The second-order valence-corrected chi connectivity index (χ2v) is 5.33. The van der Waals surface area contributed by atoms with Crippen molar-refractivity contribution in [3.63, 3.8) is 0 Å². The molecule has 4 heteroatoms. The van der Waals surface area contributed by atoms with Gasteiger partial charge in [-0.05, 0) is 58.5 Å². The molecule has 2 rings (SSSR count). The minimum Gasteiger partial charge on any atom is -0.486 e. The third kappa shape index (κ3) is 4.63. The summed E-state index contributed by atoms with van der Waals surface area (Å²) in [6, 6.07) is 13.4. The average Bonchev–Trinajstić information content (AvgIpc) is 2.39. The summed E-state index contributed by atoms with van der Waals surface area (Å²) in [4.78, 5) is 11.7. The molecule has 0 fully saturated rings. The maximum Gasteiger partial charge on any atom is 0.174 e. The van der Waals surface area contributed by atoms with Crippen molar-refractivity contribution < 1.29 is 13.9 Å².